The number of nitrogens with zero attached hydrogens (tertiary/aromatic N) is 1. The van der Waals surface area contributed by atoms with Crippen LogP contribution in [0.4, 0.5) is 0 Å². The normalized spacial score (nSPS) is 39.8. The fourth-order valence-electron chi connectivity index (χ4n) is 3.07. The van der Waals surface area contributed by atoms with Crippen molar-refractivity contribution >= 4 is 27.6 Å². The molecule has 0 unspecified atom stereocenters. The Balaban J connectivity index is 1.15. The van der Waals surface area contributed by atoms with E-state index < -0.39 is 38.4 Å². The van der Waals surface area contributed by atoms with Crippen LogP contribution < -0.4 is 0 Å². The summed E-state index contributed by atoms with van der Waals surface area (Å²) in [5.74, 6) is -1.11. The summed E-state index contributed by atoms with van der Waals surface area (Å²) in [6, 6.07) is 0. The molecule has 0 radical (unpaired) electrons. The van der Waals surface area contributed by atoms with Gasteiger partial charge in [-0.1, -0.05) is 0 Å². The average Bonchev–Trinajstić information content (AvgIpc) is 2.73. The molecule has 0 aromatic rings. The summed E-state index contributed by atoms with van der Waals surface area (Å²) >= 11 is 0. The molecule has 0 atom stereocenters. The Bertz CT molecular complexity index is 676. The molecule has 0 amide bonds. The Hall–Kier alpha value is -0.880. The van der Waals surface area contributed by atoms with Crippen molar-refractivity contribution in [1.29, 1.82) is 0 Å². The van der Waals surface area contributed by atoms with Gasteiger partial charge in [0.25, 0.3) is 0 Å². The monoisotopic (exact) mass is 471 g/mol. The summed E-state index contributed by atoms with van der Waals surface area (Å²) in [5, 5.41) is 0. The summed E-state index contributed by atoms with van der Waals surface area (Å²) in [6.07, 6.45) is 0. The minimum absolute atomic E-state index is 0.0174. The summed E-state index contributed by atoms with van der Waals surface area (Å²) in [6.45, 7) is 0.394. The van der Waals surface area contributed by atoms with Crippen LogP contribution in [0.3, 0.4) is 0 Å². The molecule has 0 N–H and O–H groups in total. The quantitative estimate of drug-likeness (QED) is 0.355. The Morgan fingerprint density at radius 1 is 0.733 bits per heavy atom. The highest BCUT2D eigenvalue weighted by atomic mass is 31.2. The van der Waals surface area contributed by atoms with Crippen LogP contribution in [0.15, 0.2) is 0 Å². The fraction of sp³-hybridized carbons (Fsp3) is 0.867. The topological polar surface area (TPSA) is 145 Å². The molecule has 0 spiro atoms. The number of likely N-dealkylation sites (N-methyl/N-ethyl adjacent to an activating group) is 1. The first kappa shape index (κ1) is 22.3. The number of phosphoric acid groups is 2. The maximum Gasteiger partial charge on any atom is 0.474 e. The summed E-state index contributed by atoms with van der Waals surface area (Å²) < 4.78 is 64.2. The predicted octanol–water partition coefficient (Wildman–Crippen LogP) is 0.348. The Morgan fingerprint density at radius 3 is 1.33 bits per heavy atom. The molecule has 30 heavy (non-hydrogen) atoms. The van der Waals surface area contributed by atoms with Gasteiger partial charge < -0.3 is 9.47 Å². The first-order chi connectivity index (χ1) is 14.1. The lowest BCUT2D eigenvalue weighted by Gasteiger charge is -2.43. The maximum atomic E-state index is 12.1. The van der Waals surface area contributed by atoms with Gasteiger partial charge in [-0.05, 0) is 7.05 Å². The lowest BCUT2D eigenvalue weighted by molar-refractivity contribution is -0.163. The molecule has 6 rings (SSSR count). The maximum absolute atomic E-state index is 12.1. The number of hydrogen-bond donors (Lipinski definition) is 0. The van der Waals surface area contributed by atoms with Crippen LogP contribution in [0.1, 0.15) is 0 Å². The second kappa shape index (κ2) is 8.23. The summed E-state index contributed by atoms with van der Waals surface area (Å²) in [4.78, 5) is 25.6. The van der Waals surface area contributed by atoms with Crippen molar-refractivity contribution < 1.29 is 55.3 Å². The molecule has 6 saturated heterocycles. The number of phosphoric ester groups is 2. The second-order valence-electron chi connectivity index (χ2n) is 8.03. The predicted molar refractivity (Wildman–Crippen MR) is 95.2 cm³/mol. The first-order valence-electron chi connectivity index (χ1n) is 9.20. The Kier molecular flexibility index (Phi) is 6.13. The van der Waals surface area contributed by atoms with Crippen LogP contribution in [-0.2, 0) is 55.3 Å². The molecular formula is C15H23NO12P2. The van der Waals surface area contributed by atoms with Crippen molar-refractivity contribution in [1.82, 2.24) is 4.90 Å². The van der Waals surface area contributed by atoms with Gasteiger partial charge in [-0.25, -0.2) is 9.13 Å². The number of fused-ring (bicyclic) bond motifs is 6. The van der Waals surface area contributed by atoms with Gasteiger partial charge in [0.2, 0.25) is 0 Å². The molecule has 6 aliphatic rings. The summed E-state index contributed by atoms with van der Waals surface area (Å²) in [7, 11) is -5.27. The minimum atomic E-state index is -3.42. The zero-order valence-corrected chi connectivity index (χ0v) is 18.1. The Morgan fingerprint density at radius 2 is 1.03 bits per heavy atom. The number of ether oxygens (including phenoxy) is 2. The third-order valence-corrected chi connectivity index (χ3v) is 7.72. The van der Waals surface area contributed by atoms with Crippen molar-refractivity contribution in [2.24, 2.45) is 10.8 Å². The highest BCUT2D eigenvalue weighted by Gasteiger charge is 2.52. The molecular weight excluding hydrogens is 448 g/mol. The standard InChI is InChI=1S/C15H23NO12P2/c1-16(2-12(17)21-4-14-6-23-29(19,24-7-14)25-8-14)3-13(18)22-5-15-9-26-30(20,27-10-15)28-11-15/h2-11H2,1H3. The van der Waals surface area contributed by atoms with Crippen LogP contribution >= 0.6 is 15.6 Å². The van der Waals surface area contributed by atoms with Crippen LogP contribution in [-0.4, -0.2) is 89.8 Å². The van der Waals surface area contributed by atoms with E-state index in [1.165, 1.54) is 4.90 Å². The van der Waals surface area contributed by atoms with Crippen LogP contribution in [0, 0.1) is 10.8 Å². The van der Waals surface area contributed by atoms with Gasteiger partial charge in [-0.15, -0.1) is 0 Å². The molecule has 13 nitrogen and oxygen atoms in total. The number of esters is 2. The molecule has 170 valence electrons. The number of carbonyl (C=O) groups excluding carboxylic acids is 2. The highest BCUT2D eigenvalue weighted by molar-refractivity contribution is 7.48. The van der Waals surface area contributed by atoms with Crippen molar-refractivity contribution in [2.75, 3.05) is 73.0 Å². The van der Waals surface area contributed by atoms with E-state index in [4.69, 9.17) is 36.6 Å². The van der Waals surface area contributed by atoms with Gasteiger partial charge in [0, 0.05) is 0 Å². The molecule has 0 saturated carbocycles. The highest BCUT2D eigenvalue weighted by Crippen LogP contribution is 2.60. The third kappa shape index (κ3) is 4.95. The zero-order chi connectivity index (χ0) is 21.5. The van der Waals surface area contributed by atoms with Crippen LogP contribution in [0.25, 0.3) is 0 Å². The molecule has 6 fully saturated rings. The third-order valence-electron chi connectivity index (χ3n) is 5.05. The SMILES string of the molecule is CN(CC(=O)OCC12COP(=O)(OC1)OC2)CC(=O)OCC12COP(=O)(OC1)OC2. The number of hydrogen-bond acceptors (Lipinski definition) is 13. The van der Waals surface area contributed by atoms with E-state index >= 15 is 0 Å². The zero-order valence-electron chi connectivity index (χ0n) is 16.3. The van der Waals surface area contributed by atoms with Gasteiger partial charge in [0.05, 0.1) is 63.6 Å². The molecule has 0 aromatic carbocycles. The number of carbonyl (C=O) groups is 2. The van der Waals surface area contributed by atoms with Crippen molar-refractivity contribution in [3.63, 3.8) is 0 Å². The van der Waals surface area contributed by atoms with E-state index in [2.05, 4.69) is 0 Å². The van der Waals surface area contributed by atoms with E-state index in [1.54, 1.807) is 7.05 Å². The number of rotatable bonds is 8. The second-order valence-corrected chi connectivity index (χ2v) is 11.4. The molecule has 6 aliphatic heterocycles. The minimum Gasteiger partial charge on any atom is -0.464 e. The van der Waals surface area contributed by atoms with Gasteiger partial charge >= 0.3 is 27.6 Å². The van der Waals surface area contributed by atoms with Gasteiger partial charge in [0.15, 0.2) is 0 Å². The van der Waals surface area contributed by atoms with Gasteiger partial charge in [-0.3, -0.25) is 41.6 Å². The molecule has 4 bridgehead atoms. The van der Waals surface area contributed by atoms with E-state index in [0.29, 0.717) is 0 Å². The molecule has 0 aliphatic carbocycles. The van der Waals surface area contributed by atoms with Gasteiger partial charge in [-0.2, -0.15) is 0 Å². The molecule has 0 aromatic heterocycles. The van der Waals surface area contributed by atoms with E-state index in [-0.39, 0.29) is 65.9 Å². The molecule has 6 heterocycles. The lowest BCUT2D eigenvalue weighted by atomic mass is 9.92. The van der Waals surface area contributed by atoms with Crippen molar-refractivity contribution in [3.05, 3.63) is 0 Å². The average molecular weight is 471 g/mol. The molecule has 15 heteroatoms. The smallest absolute Gasteiger partial charge is 0.464 e. The summed E-state index contributed by atoms with van der Waals surface area (Å²) in [5.41, 5.74) is -1.37. The van der Waals surface area contributed by atoms with E-state index in [1.807, 2.05) is 0 Å². The Labute approximate surface area is 172 Å². The van der Waals surface area contributed by atoms with E-state index in [0.717, 1.165) is 0 Å². The fourth-order valence-corrected chi connectivity index (χ4v) is 6.11. The van der Waals surface area contributed by atoms with E-state index in [9.17, 15) is 18.7 Å². The lowest BCUT2D eigenvalue weighted by Crippen LogP contribution is -2.49. The first-order valence-corrected chi connectivity index (χ1v) is 12.1. The van der Waals surface area contributed by atoms with Crippen LogP contribution in [0.5, 0.6) is 0 Å². The van der Waals surface area contributed by atoms with Crippen molar-refractivity contribution in [3.8, 4) is 0 Å². The van der Waals surface area contributed by atoms with Crippen molar-refractivity contribution in [2.45, 2.75) is 0 Å². The van der Waals surface area contributed by atoms with Crippen LogP contribution in [0.2, 0.25) is 0 Å². The van der Waals surface area contributed by atoms with Gasteiger partial charge in [0.1, 0.15) is 13.2 Å². The largest absolute Gasteiger partial charge is 0.474 e.